The quantitative estimate of drug-likeness (QED) is 0.781. The minimum Gasteiger partial charge on any atom is -0.488 e. The van der Waals surface area contributed by atoms with Gasteiger partial charge in [0.05, 0.1) is 11.3 Å². The van der Waals surface area contributed by atoms with Crippen LogP contribution in [-0.4, -0.2) is 16.1 Å². The summed E-state index contributed by atoms with van der Waals surface area (Å²) in [6.45, 7) is 4.05. The molecule has 0 unspecified atom stereocenters. The van der Waals surface area contributed by atoms with Gasteiger partial charge in [-0.15, -0.1) is 0 Å². The second kappa shape index (κ2) is 5.97. The molecule has 6 heteroatoms. The third-order valence-electron chi connectivity index (χ3n) is 3.03. The summed E-state index contributed by atoms with van der Waals surface area (Å²) < 4.78 is 8.23. The third-order valence-corrected chi connectivity index (χ3v) is 3.96. The summed E-state index contributed by atoms with van der Waals surface area (Å²) in [4.78, 5) is 11.1. The Bertz CT molecular complexity index is 668. The molecule has 2 rings (SSSR count). The first-order valence-electron chi connectivity index (χ1n) is 6.00. The van der Waals surface area contributed by atoms with Crippen LogP contribution in [0.15, 0.2) is 16.6 Å². The standard InChI is InChI=1S/C14H14BrClN2O2/c1-8-4-11(15)5-10(6-19)13(8)20-7-12-9(2)17-18(3)14(12)16/h4-6H,7H2,1-3H3. The van der Waals surface area contributed by atoms with Crippen molar-refractivity contribution in [1.29, 1.82) is 0 Å². The second-order valence-corrected chi connectivity index (χ2v) is 5.80. The highest BCUT2D eigenvalue weighted by atomic mass is 79.9. The topological polar surface area (TPSA) is 44.1 Å². The highest BCUT2D eigenvalue weighted by molar-refractivity contribution is 9.10. The lowest BCUT2D eigenvalue weighted by Crippen LogP contribution is -2.01. The maximum Gasteiger partial charge on any atom is 0.153 e. The fourth-order valence-electron chi connectivity index (χ4n) is 2.02. The summed E-state index contributed by atoms with van der Waals surface area (Å²) in [5, 5.41) is 4.78. The van der Waals surface area contributed by atoms with Crippen LogP contribution in [0.25, 0.3) is 0 Å². The fraction of sp³-hybridized carbons (Fsp3) is 0.286. The van der Waals surface area contributed by atoms with Gasteiger partial charge in [0.15, 0.2) is 6.29 Å². The zero-order chi connectivity index (χ0) is 14.9. The SMILES string of the molecule is Cc1cc(Br)cc(C=O)c1OCc1c(C)nn(C)c1Cl. The van der Waals surface area contributed by atoms with Crippen molar-refractivity contribution in [2.45, 2.75) is 20.5 Å². The van der Waals surface area contributed by atoms with E-state index in [9.17, 15) is 4.79 Å². The van der Waals surface area contributed by atoms with E-state index in [-0.39, 0.29) is 6.61 Å². The first-order valence-corrected chi connectivity index (χ1v) is 7.17. The van der Waals surface area contributed by atoms with E-state index in [4.69, 9.17) is 16.3 Å². The highest BCUT2D eigenvalue weighted by Crippen LogP contribution is 2.29. The van der Waals surface area contributed by atoms with Crippen molar-refractivity contribution in [2.75, 3.05) is 0 Å². The number of ether oxygens (including phenoxy) is 1. The van der Waals surface area contributed by atoms with Crippen molar-refractivity contribution in [1.82, 2.24) is 9.78 Å². The van der Waals surface area contributed by atoms with E-state index in [0.717, 1.165) is 27.6 Å². The van der Waals surface area contributed by atoms with Crippen LogP contribution in [0.2, 0.25) is 5.15 Å². The van der Waals surface area contributed by atoms with Gasteiger partial charge in [-0.05, 0) is 31.5 Å². The monoisotopic (exact) mass is 356 g/mol. The highest BCUT2D eigenvalue weighted by Gasteiger charge is 2.14. The molecule has 20 heavy (non-hydrogen) atoms. The van der Waals surface area contributed by atoms with Crippen molar-refractivity contribution in [3.05, 3.63) is 44.1 Å². The number of aromatic nitrogens is 2. The molecular weight excluding hydrogens is 344 g/mol. The molecule has 0 amide bonds. The van der Waals surface area contributed by atoms with E-state index in [0.29, 0.717) is 16.5 Å². The molecule has 0 spiro atoms. The van der Waals surface area contributed by atoms with E-state index in [1.807, 2.05) is 19.9 Å². The van der Waals surface area contributed by atoms with Crippen molar-refractivity contribution in [2.24, 2.45) is 7.05 Å². The van der Waals surface area contributed by atoms with E-state index in [1.54, 1.807) is 17.8 Å². The Kier molecular flexibility index (Phi) is 4.50. The van der Waals surface area contributed by atoms with Crippen molar-refractivity contribution < 1.29 is 9.53 Å². The van der Waals surface area contributed by atoms with Crippen LogP contribution >= 0.6 is 27.5 Å². The molecule has 0 atom stereocenters. The number of carbonyl (C=O) groups excluding carboxylic acids is 1. The lowest BCUT2D eigenvalue weighted by atomic mass is 10.1. The van der Waals surface area contributed by atoms with Crippen molar-refractivity contribution in [3.63, 3.8) is 0 Å². The number of carbonyl (C=O) groups is 1. The molecule has 106 valence electrons. The molecule has 0 aliphatic carbocycles. The number of aryl methyl sites for hydroxylation is 3. The zero-order valence-corrected chi connectivity index (χ0v) is 13.7. The lowest BCUT2D eigenvalue weighted by molar-refractivity contribution is 0.111. The Labute approximate surface area is 130 Å². The Hall–Kier alpha value is -1.33. The summed E-state index contributed by atoms with van der Waals surface area (Å²) in [5.74, 6) is 0.572. The van der Waals surface area contributed by atoms with Crippen LogP contribution in [0.5, 0.6) is 5.75 Å². The van der Waals surface area contributed by atoms with Crippen LogP contribution in [-0.2, 0) is 13.7 Å². The van der Waals surface area contributed by atoms with Gasteiger partial charge in [0.1, 0.15) is 17.5 Å². The van der Waals surface area contributed by atoms with Gasteiger partial charge >= 0.3 is 0 Å². The molecule has 1 aromatic heterocycles. The molecule has 1 heterocycles. The number of hydrogen-bond acceptors (Lipinski definition) is 3. The number of halogens is 2. The van der Waals surface area contributed by atoms with Gasteiger partial charge in [0, 0.05) is 17.1 Å². The van der Waals surface area contributed by atoms with Crippen molar-refractivity contribution in [3.8, 4) is 5.75 Å². The van der Waals surface area contributed by atoms with E-state index in [1.165, 1.54) is 0 Å². The van der Waals surface area contributed by atoms with Crippen molar-refractivity contribution >= 4 is 33.8 Å². The summed E-state index contributed by atoms with van der Waals surface area (Å²) >= 11 is 9.52. The predicted octanol–water partition coefficient (Wildman–Crippen LogP) is 3.84. The molecule has 0 aliphatic heterocycles. The Morgan fingerprint density at radius 2 is 2.15 bits per heavy atom. The molecule has 0 radical (unpaired) electrons. The molecule has 0 aliphatic rings. The van der Waals surface area contributed by atoms with Crippen LogP contribution in [0, 0.1) is 13.8 Å². The molecule has 0 saturated carbocycles. The molecule has 4 nitrogen and oxygen atoms in total. The second-order valence-electron chi connectivity index (χ2n) is 4.53. The maximum atomic E-state index is 11.1. The molecular formula is C14H14BrClN2O2. The van der Waals surface area contributed by atoms with E-state index >= 15 is 0 Å². The Balaban J connectivity index is 2.29. The number of aldehydes is 1. The number of hydrogen-bond donors (Lipinski definition) is 0. The normalized spacial score (nSPS) is 10.7. The first-order chi connectivity index (χ1) is 9.43. The molecule has 2 aromatic rings. The van der Waals surface area contributed by atoms with Gasteiger partial charge in [0.2, 0.25) is 0 Å². The first kappa shape index (κ1) is 15.1. The molecule has 0 N–H and O–H groups in total. The van der Waals surface area contributed by atoms with Crippen LogP contribution in [0.4, 0.5) is 0 Å². The van der Waals surface area contributed by atoms with Gasteiger partial charge in [-0.2, -0.15) is 5.10 Å². The molecule has 0 bridgehead atoms. The Morgan fingerprint density at radius 1 is 1.45 bits per heavy atom. The fourth-order valence-corrected chi connectivity index (χ4v) is 2.84. The average molecular weight is 358 g/mol. The number of rotatable bonds is 4. The Morgan fingerprint density at radius 3 is 2.70 bits per heavy atom. The van der Waals surface area contributed by atoms with Gasteiger partial charge in [-0.3, -0.25) is 9.48 Å². The molecule has 1 aromatic carbocycles. The van der Waals surface area contributed by atoms with Gasteiger partial charge in [0.25, 0.3) is 0 Å². The average Bonchev–Trinajstić information content (AvgIpc) is 2.62. The molecule has 0 saturated heterocycles. The summed E-state index contributed by atoms with van der Waals surface area (Å²) in [7, 11) is 1.78. The number of benzene rings is 1. The molecule has 0 fully saturated rings. The predicted molar refractivity (Wildman–Crippen MR) is 81.6 cm³/mol. The van der Waals surface area contributed by atoms with Gasteiger partial charge < -0.3 is 4.74 Å². The van der Waals surface area contributed by atoms with Gasteiger partial charge in [-0.25, -0.2) is 0 Å². The summed E-state index contributed by atoms with van der Waals surface area (Å²) in [5.41, 5.74) is 3.04. The van der Waals surface area contributed by atoms with E-state index in [2.05, 4.69) is 21.0 Å². The minimum absolute atomic E-state index is 0.280. The smallest absolute Gasteiger partial charge is 0.153 e. The zero-order valence-electron chi connectivity index (χ0n) is 11.4. The van der Waals surface area contributed by atoms with Crippen LogP contribution in [0.3, 0.4) is 0 Å². The summed E-state index contributed by atoms with van der Waals surface area (Å²) in [6, 6.07) is 3.63. The largest absolute Gasteiger partial charge is 0.488 e. The number of nitrogens with zero attached hydrogens (tertiary/aromatic N) is 2. The lowest BCUT2D eigenvalue weighted by Gasteiger charge is -2.12. The summed E-state index contributed by atoms with van der Waals surface area (Å²) in [6.07, 6.45) is 0.783. The van der Waals surface area contributed by atoms with Gasteiger partial charge in [-0.1, -0.05) is 27.5 Å². The maximum absolute atomic E-state index is 11.1. The van der Waals surface area contributed by atoms with E-state index < -0.39 is 0 Å². The van der Waals surface area contributed by atoms with Crippen LogP contribution in [0.1, 0.15) is 27.2 Å². The minimum atomic E-state index is 0.280. The third kappa shape index (κ3) is 2.88. The van der Waals surface area contributed by atoms with Crippen LogP contribution < -0.4 is 4.74 Å².